The van der Waals surface area contributed by atoms with Gasteiger partial charge in [0.2, 0.25) is 5.82 Å². The lowest BCUT2D eigenvalue weighted by Gasteiger charge is -2.14. The number of halogens is 11. The van der Waals surface area contributed by atoms with Crippen LogP contribution in [0.15, 0.2) is 67.3 Å². The van der Waals surface area contributed by atoms with Crippen LogP contribution in [0.1, 0.15) is 54.9 Å². The highest BCUT2D eigenvalue weighted by Gasteiger charge is 2.38. The molecule has 0 spiro atoms. The van der Waals surface area contributed by atoms with E-state index >= 15 is 0 Å². The quantitative estimate of drug-likeness (QED) is 0.153. The molecule has 0 aliphatic carbocycles. The van der Waals surface area contributed by atoms with Gasteiger partial charge in [0.05, 0.1) is 36.0 Å². The van der Waals surface area contributed by atoms with Crippen molar-refractivity contribution in [3.05, 3.63) is 101 Å². The van der Waals surface area contributed by atoms with E-state index in [0.717, 1.165) is 41.1 Å². The van der Waals surface area contributed by atoms with Gasteiger partial charge in [0.25, 0.3) is 0 Å². The van der Waals surface area contributed by atoms with E-state index in [4.69, 9.17) is 15.3 Å². The van der Waals surface area contributed by atoms with Crippen molar-refractivity contribution in [1.82, 2.24) is 28.7 Å². The molecule has 4 heterocycles. The van der Waals surface area contributed by atoms with Crippen molar-refractivity contribution in [2.75, 3.05) is 7.11 Å². The lowest BCUT2D eigenvalue weighted by atomic mass is 10.0. The molecule has 0 aliphatic rings. The largest absolute Gasteiger partial charge is 0.573 e. The summed E-state index contributed by atoms with van der Waals surface area (Å²) in [5.41, 5.74) is -0.628. The van der Waals surface area contributed by atoms with Gasteiger partial charge in [0.15, 0.2) is 17.2 Å². The summed E-state index contributed by atoms with van der Waals surface area (Å²) in [6.07, 6.45) is -9.77. The molecule has 0 aliphatic heterocycles. The summed E-state index contributed by atoms with van der Waals surface area (Å²) in [5.74, 6) is -5.79. The van der Waals surface area contributed by atoms with Crippen molar-refractivity contribution in [2.24, 2.45) is 0 Å². The van der Waals surface area contributed by atoms with Gasteiger partial charge in [-0.15, -0.1) is 13.2 Å². The number of hydrogen-bond acceptors (Lipinski definition) is 8. The van der Waals surface area contributed by atoms with Crippen LogP contribution in [0.4, 0.5) is 48.3 Å². The van der Waals surface area contributed by atoms with E-state index in [0.29, 0.717) is 16.9 Å². The van der Waals surface area contributed by atoms with Crippen LogP contribution < -0.4 is 4.74 Å². The van der Waals surface area contributed by atoms with E-state index in [1.807, 2.05) is 13.8 Å². The number of benzene rings is 2. The normalized spacial score (nSPS) is 11.9. The van der Waals surface area contributed by atoms with Gasteiger partial charge >= 0.3 is 24.6 Å². The average Bonchev–Trinajstić information content (AvgIpc) is 3.70. The molecule has 294 valence electrons. The molecule has 6 rings (SSSR count). The summed E-state index contributed by atoms with van der Waals surface area (Å²) >= 11 is 0. The Balaban J connectivity index is 0.000000240. The molecule has 10 nitrogen and oxygen atoms in total. The van der Waals surface area contributed by atoms with Crippen molar-refractivity contribution in [2.45, 2.75) is 52.0 Å². The molecule has 4 aromatic heterocycles. The van der Waals surface area contributed by atoms with Gasteiger partial charge in [0, 0.05) is 37.6 Å². The van der Waals surface area contributed by atoms with Crippen LogP contribution in [0, 0.1) is 22.7 Å². The van der Waals surface area contributed by atoms with Crippen molar-refractivity contribution < 1.29 is 57.8 Å². The standard InChI is InChI=1S/C17H10F6N4O2.C16H9F5N4.C2H6/c1-28-8-9-4-10(29-17(21,22)23)2-3-11(9)13-7-27-14(6-25-13)12(5-24)26-15(27)16(18,19)20;1-15(17,18)14-24-11(6-22)13-7-23-12(8-25(13)14)9-2-4-10(5-3-9)16(19,20)21;1-2/h2-4,6-7H,8H2,1H3;2-5,7-8H,1H3;1-2H3. The number of fused-ring (bicyclic) bond motifs is 2. The maximum atomic E-state index is 13.7. The third kappa shape index (κ3) is 9.47. The molecule has 0 radical (unpaired) electrons. The number of nitrogens with zero attached hydrogens (tertiary/aromatic N) is 8. The molecule has 0 fully saturated rings. The molecule has 0 bridgehead atoms. The summed E-state index contributed by atoms with van der Waals surface area (Å²) in [6, 6.07) is 10.7. The smallest absolute Gasteiger partial charge is 0.406 e. The van der Waals surface area contributed by atoms with Crippen molar-refractivity contribution in [3.8, 4) is 40.4 Å². The molecule has 0 saturated heterocycles. The highest BCUT2D eigenvalue weighted by molar-refractivity contribution is 5.68. The Labute approximate surface area is 309 Å². The predicted molar refractivity (Wildman–Crippen MR) is 175 cm³/mol. The molecule has 0 amide bonds. The minimum absolute atomic E-state index is 0.00972. The second-order valence-corrected chi connectivity index (χ2v) is 11.1. The summed E-state index contributed by atoms with van der Waals surface area (Å²) in [7, 11) is 1.30. The lowest BCUT2D eigenvalue weighted by Crippen LogP contribution is -2.17. The highest BCUT2D eigenvalue weighted by Crippen LogP contribution is 2.35. The topological polar surface area (TPSA) is 126 Å². The SMILES string of the molecule is CC.CC(F)(F)c1nc(C#N)c2cnc(-c3ccc(C(F)(F)F)cc3)cn12.COCc1cc(OC(F)(F)F)ccc1-c1cn2c(C(F)(F)F)nc(C#N)c2cn1. The van der Waals surface area contributed by atoms with Gasteiger partial charge in [-0.1, -0.05) is 26.0 Å². The molecule has 0 saturated carbocycles. The van der Waals surface area contributed by atoms with E-state index in [-0.39, 0.29) is 45.8 Å². The van der Waals surface area contributed by atoms with Gasteiger partial charge in [-0.05, 0) is 35.9 Å². The first-order valence-electron chi connectivity index (χ1n) is 15.7. The number of nitriles is 2. The number of imidazole rings is 2. The van der Waals surface area contributed by atoms with Gasteiger partial charge in [-0.25, -0.2) is 9.97 Å². The van der Waals surface area contributed by atoms with Crippen LogP contribution in [0.5, 0.6) is 5.75 Å². The average molecular weight is 799 g/mol. The van der Waals surface area contributed by atoms with E-state index < -0.39 is 53.3 Å². The van der Waals surface area contributed by atoms with Gasteiger partial charge in [-0.3, -0.25) is 18.8 Å². The Bertz CT molecular complexity index is 2420. The molecule has 0 unspecified atom stereocenters. The number of methoxy groups -OCH3 is 1. The number of alkyl halides is 11. The maximum absolute atomic E-state index is 13.7. The summed E-state index contributed by atoms with van der Waals surface area (Å²) in [6.45, 7) is 4.49. The Morgan fingerprint density at radius 3 is 1.70 bits per heavy atom. The lowest BCUT2D eigenvalue weighted by molar-refractivity contribution is -0.274. The van der Waals surface area contributed by atoms with Gasteiger partial charge < -0.3 is 9.47 Å². The number of aromatic nitrogens is 6. The molecule has 0 atom stereocenters. The summed E-state index contributed by atoms with van der Waals surface area (Å²) < 4.78 is 153. The fourth-order valence-corrected chi connectivity index (χ4v) is 5.06. The highest BCUT2D eigenvalue weighted by atomic mass is 19.4. The molecule has 2 aromatic carbocycles. The van der Waals surface area contributed by atoms with Crippen LogP contribution in [0.3, 0.4) is 0 Å². The van der Waals surface area contributed by atoms with Crippen LogP contribution in [-0.4, -0.2) is 42.2 Å². The van der Waals surface area contributed by atoms with Crippen molar-refractivity contribution >= 4 is 11.0 Å². The fraction of sp³-hybridized carbons (Fsp3) is 0.257. The molecular formula is C35H25F11N8O2. The Morgan fingerprint density at radius 1 is 0.696 bits per heavy atom. The van der Waals surface area contributed by atoms with E-state index in [1.165, 1.54) is 37.7 Å². The zero-order valence-corrected chi connectivity index (χ0v) is 29.1. The Kier molecular flexibility index (Phi) is 12.2. The fourth-order valence-electron chi connectivity index (χ4n) is 5.06. The number of ether oxygens (including phenoxy) is 2. The summed E-state index contributed by atoms with van der Waals surface area (Å²) in [4.78, 5) is 15.0. The van der Waals surface area contributed by atoms with Crippen LogP contribution >= 0.6 is 0 Å². The summed E-state index contributed by atoms with van der Waals surface area (Å²) in [5, 5.41) is 18.0. The van der Waals surface area contributed by atoms with Crippen LogP contribution in [0.2, 0.25) is 0 Å². The third-order valence-electron chi connectivity index (χ3n) is 7.30. The third-order valence-corrected chi connectivity index (χ3v) is 7.30. The number of hydrogen-bond donors (Lipinski definition) is 0. The van der Waals surface area contributed by atoms with Crippen molar-refractivity contribution in [3.63, 3.8) is 0 Å². The molecule has 0 N–H and O–H groups in total. The first-order valence-corrected chi connectivity index (χ1v) is 15.7. The predicted octanol–water partition coefficient (Wildman–Crippen LogP) is 9.76. The second kappa shape index (κ2) is 16.2. The second-order valence-electron chi connectivity index (χ2n) is 11.1. The molecular weight excluding hydrogens is 773 g/mol. The van der Waals surface area contributed by atoms with Gasteiger partial charge in [0.1, 0.15) is 28.9 Å². The Morgan fingerprint density at radius 2 is 1.21 bits per heavy atom. The first-order chi connectivity index (χ1) is 26.1. The Hall–Kier alpha value is -6.35. The molecule has 6 aromatic rings. The van der Waals surface area contributed by atoms with E-state index in [2.05, 4.69) is 24.7 Å². The molecule has 56 heavy (non-hydrogen) atoms. The monoisotopic (exact) mass is 798 g/mol. The van der Waals surface area contributed by atoms with E-state index in [1.54, 1.807) is 12.1 Å². The zero-order valence-electron chi connectivity index (χ0n) is 29.1. The van der Waals surface area contributed by atoms with Crippen LogP contribution in [-0.2, 0) is 29.6 Å². The van der Waals surface area contributed by atoms with Crippen LogP contribution in [0.25, 0.3) is 33.5 Å². The van der Waals surface area contributed by atoms with E-state index in [9.17, 15) is 48.3 Å². The minimum Gasteiger partial charge on any atom is -0.406 e. The zero-order chi connectivity index (χ0) is 41.8. The van der Waals surface area contributed by atoms with Crippen molar-refractivity contribution in [1.29, 1.82) is 10.5 Å². The molecule has 21 heteroatoms. The number of rotatable bonds is 6. The maximum Gasteiger partial charge on any atom is 0.573 e. The minimum atomic E-state index is -4.91. The van der Waals surface area contributed by atoms with Gasteiger partial charge in [-0.2, -0.15) is 45.6 Å². The first kappa shape index (κ1) is 42.4.